The molecule has 1 amide bonds. The number of benzene rings is 1. The topological polar surface area (TPSA) is 88.8 Å². The van der Waals surface area contributed by atoms with Gasteiger partial charge in [0.05, 0.1) is 25.5 Å². The smallest absolute Gasteiger partial charge is 0.308 e. The molecular formula is C26H36N4O4. The lowest BCUT2D eigenvalue weighted by Gasteiger charge is -2.37. The molecule has 34 heavy (non-hydrogen) atoms. The second kappa shape index (κ2) is 10.3. The van der Waals surface area contributed by atoms with Crippen molar-refractivity contribution in [3.63, 3.8) is 0 Å². The van der Waals surface area contributed by atoms with E-state index in [1.54, 1.807) is 0 Å². The largest absolute Gasteiger partial charge is 0.469 e. The van der Waals surface area contributed by atoms with Crippen molar-refractivity contribution in [1.29, 1.82) is 0 Å². The molecule has 0 spiro atoms. The lowest BCUT2D eigenvalue weighted by molar-refractivity contribution is -0.150. The second-order valence-electron chi connectivity index (χ2n) is 10.5. The van der Waals surface area contributed by atoms with Crippen LogP contribution in [-0.4, -0.2) is 65.1 Å². The third-order valence-corrected chi connectivity index (χ3v) is 7.03. The van der Waals surface area contributed by atoms with Crippen LogP contribution in [0.15, 0.2) is 28.8 Å². The van der Waals surface area contributed by atoms with Gasteiger partial charge in [0.2, 0.25) is 17.6 Å². The van der Waals surface area contributed by atoms with E-state index in [2.05, 4.69) is 47.9 Å². The van der Waals surface area contributed by atoms with Crippen LogP contribution >= 0.6 is 0 Å². The number of carbonyl (C=O) groups is 2. The summed E-state index contributed by atoms with van der Waals surface area (Å²) in [6, 6.07) is 8.29. The molecule has 8 nitrogen and oxygen atoms in total. The molecule has 2 saturated heterocycles. The molecule has 2 aromatic rings. The molecule has 4 rings (SSSR count). The van der Waals surface area contributed by atoms with Crippen LogP contribution in [0, 0.1) is 11.8 Å². The molecule has 2 fully saturated rings. The van der Waals surface area contributed by atoms with Crippen molar-refractivity contribution in [3.05, 3.63) is 35.7 Å². The Balaban J connectivity index is 1.32. The molecule has 8 heteroatoms. The molecule has 2 aliphatic rings. The van der Waals surface area contributed by atoms with Crippen LogP contribution in [0.25, 0.3) is 11.4 Å². The van der Waals surface area contributed by atoms with Gasteiger partial charge in [-0.3, -0.25) is 14.5 Å². The lowest BCUT2D eigenvalue weighted by atomic mass is 9.87. The van der Waals surface area contributed by atoms with Crippen LogP contribution in [0.4, 0.5) is 0 Å². The number of methoxy groups -OCH3 is 1. The average Bonchev–Trinajstić information content (AvgIpc) is 3.31. The zero-order chi connectivity index (χ0) is 24.3. The van der Waals surface area contributed by atoms with Crippen molar-refractivity contribution in [3.8, 4) is 11.4 Å². The fourth-order valence-corrected chi connectivity index (χ4v) is 4.91. The summed E-state index contributed by atoms with van der Waals surface area (Å²) in [6.45, 7) is 9.95. The van der Waals surface area contributed by atoms with E-state index in [1.165, 1.54) is 12.7 Å². The third kappa shape index (κ3) is 5.66. The van der Waals surface area contributed by atoms with E-state index in [0.29, 0.717) is 50.7 Å². The maximum absolute atomic E-state index is 13.1. The van der Waals surface area contributed by atoms with Gasteiger partial charge in [-0.15, -0.1) is 0 Å². The van der Waals surface area contributed by atoms with Gasteiger partial charge >= 0.3 is 5.97 Å². The lowest BCUT2D eigenvalue weighted by Crippen LogP contribution is -2.47. The van der Waals surface area contributed by atoms with E-state index in [0.717, 1.165) is 24.9 Å². The Morgan fingerprint density at radius 3 is 2.41 bits per heavy atom. The van der Waals surface area contributed by atoms with E-state index in [1.807, 2.05) is 17.0 Å². The Kier molecular flexibility index (Phi) is 7.36. The van der Waals surface area contributed by atoms with Crippen LogP contribution in [0.1, 0.15) is 57.9 Å². The van der Waals surface area contributed by atoms with Crippen LogP contribution in [0.3, 0.4) is 0 Å². The van der Waals surface area contributed by atoms with Crippen LogP contribution < -0.4 is 0 Å². The number of ether oxygens (including phenoxy) is 1. The number of hydrogen-bond acceptors (Lipinski definition) is 7. The van der Waals surface area contributed by atoms with E-state index in [-0.39, 0.29) is 29.1 Å². The molecule has 184 valence electrons. The SMILES string of the molecule is COC(=O)C1CCN(C(=O)C2CCCN(Cc3nc(-c4ccc(C(C)(C)C)cc4)no3)C2)CC1. The first-order chi connectivity index (χ1) is 16.2. The number of rotatable bonds is 5. The Morgan fingerprint density at radius 2 is 1.76 bits per heavy atom. The van der Waals surface area contributed by atoms with Crippen LogP contribution in [0.5, 0.6) is 0 Å². The van der Waals surface area contributed by atoms with E-state index in [9.17, 15) is 9.59 Å². The minimum atomic E-state index is -0.167. The molecule has 1 unspecified atom stereocenters. The maximum atomic E-state index is 13.1. The summed E-state index contributed by atoms with van der Waals surface area (Å²) in [5.74, 6) is 1.07. The summed E-state index contributed by atoms with van der Waals surface area (Å²) >= 11 is 0. The number of nitrogens with zero attached hydrogens (tertiary/aromatic N) is 4. The Bertz CT molecular complexity index is 987. The summed E-state index contributed by atoms with van der Waals surface area (Å²) in [5, 5.41) is 4.17. The number of carbonyl (C=O) groups excluding carboxylic acids is 2. The van der Waals surface area contributed by atoms with Crippen molar-refractivity contribution in [1.82, 2.24) is 19.9 Å². The fraction of sp³-hybridized carbons (Fsp3) is 0.615. The van der Waals surface area contributed by atoms with Gasteiger partial charge in [0.25, 0.3) is 0 Å². The first kappa shape index (κ1) is 24.4. The van der Waals surface area contributed by atoms with Gasteiger partial charge in [-0.25, -0.2) is 0 Å². The average molecular weight is 469 g/mol. The zero-order valence-corrected chi connectivity index (χ0v) is 20.7. The summed E-state index contributed by atoms with van der Waals surface area (Å²) in [7, 11) is 1.42. The summed E-state index contributed by atoms with van der Waals surface area (Å²) in [6.07, 6.45) is 3.21. The highest BCUT2D eigenvalue weighted by Gasteiger charge is 2.33. The van der Waals surface area contributed by atoms with Crippen molar-refractivity contribution >= 4 is 11.9 Å². The number of likely N-dealkylation sites (tertiary alicyclic amines) is 2. The first-order valence-corrected chi connectivity index (χ1v) is 12.3. The van der Waals surface area contributed by atoms with Crippen molar-refractivity contribution in [2.24, 2.45) is 11.8 Å². The predicted molar refractivity (Wildman–Crippen MR) is 128 cm³/mol. The highest BCUT2D eigenvalue weighted by molar-refractivity contribution is 5.80. The molecule has 2 aliphatic heterocycles. The van der Waals surface area contributed by atoms with E-state index >= 15 is 0 Å². The fourth-order valence-electron chi connectivity index (χ4n) is 4.91. The molecule has 1 aromatic carbocycles. The number of piperidine rings is 2. The van der Waals surface area contributed by atoms with Gasteiger partial charge in [-0.05, 0) is 43.2 Å². The van der Waals surface area contributed by atoms with E-state index in [4.69, 9.17) is 9.26 Å². The second-order valence-corrected chi connectivity index (χ2v) is 10.5. The minimum Gasteiger partial charge on any atom is -0.469 e. The van der Waals surface area contributed by atoms with Crippen molar-refractivity contribution in [2.45, 2.75) is 58.4 Å². The Labute approximate surface area is 201 Å². The predicted octanol–water partition coefficient (Wildman–Crippen LogP) is 3.66. The number of esters is 1. The summed E-state index contributed by atoms with van der Waals surface area (Å²) in [4.78, 5) is 33.6. The van der Waals surface area contributed by atoms with Crippen molar-refractivity contribution < 1.29 is 18.8 Å². The molecule has 0 bridgehead atoms. The quantitative estimate of drug-likeness (QED) is 0.619. The first-order valence-electron chi connectivity index (χ1n) is 12.3. The molecule has 1 aromatic heterocycles. The van der Waals surface area contributed by atoms with Gasteiger partial charge in [-0.2, -0.15) is 4.98 Å². The number of amides is 1. The van der Waals surface area contributed by atoms with Gasteiger partial charge in [0, 0.05) is 25.2 Å². The Morgan fingerprint density at radius 1 is 1.06 bits per heavy atom. The van der Waals surface area contributed by atoms with Gasteiger partial charge in [-0.1, -0.05) is 50.2 Å². The van der Waals surface area contributed by atoms with Gasteiger partial charge in [0.1, 0.15) is 0 Å². The molecule has 3 heterocycles. The van der Waals surface area contributed by atoms with Gasteiger partial charge < -0.3 is 14.2 Å². The maximum Gasteiger partial charge on any atom is 0.308 e. The normalized spacial score (nSPS) is 20.4. The zero-order valence-electron chi connectivity index (χ0n) is 20.7. The van der Waals surface area contributed by atoms with Crippen molar-refractivity contribution in [2.75, 3.05) is 33.3 Å². The molecule has 0 aliphatic carbocycles. The molecule has 1 atom stereocenters. The van der Waals surface area contributed by atoms with Crippen LogP contribution in [-0.2, 0) is 26.3 Å². The van der Waals surface area contributed by atoms with E-state index < -0.39 is 0 Å². The Hall–Kier alpha value is -2.74. The van der Waals surface area contributed by atoms with Crippen LogP contribution in [0.2, 0.25) is 0 Å². The third-order valence-electron chi connectivity index (χ3n) is 7.03. The summed E-state index contributed by atoms with van der Waals surface area (Å²) in [5.41, 5.74) is 2.30. The summed E-state index contributed by atoms with van der Waals surface area (Å²) < 4.78 is 10.4. The molecule has 0 saturated carbocycles. The van der Waals surface area contributed by atoms with Gasteiger partial charge in [0.15, 0.2) is 0 Å². The number of aromatic nitrogens is 2. The highest BCUT2D eigenvalue weighted by atomic mass is 16.5. The minimum absolute atomic E-state index is 0.0317. The molecule has 0 N–H and O–H groups in total. The molecular weight excluding hydrogens is 432 g/mol. The number of hydrogen-bond donors (Lipinski definition) is 0. The molecule has 0 radical (unpaired) electrons. The standard InChI is InChI=1S/C26H36N4O4/c1-26(2,3)21-9-7-18(8-10-21)23-27-22(34-28-23)17-29-13-5-6-20(16-29)24(31)30-14-11-19(12-15-30)25(32)33-4/h7-10,19-20H,5-6,11-17H2,1-4H3. The highest BCUT2D eigenvalue weighted by Crippen LogP contribution is 2.27. The monoisotopic (exact) mass is 468 g/mol.